The van der Waals surface area contributed by atoms with E-state index in [1.807, 2.05) is 0 Å². The number of hydrogen-bond donors (Lipinski definition) is 2. The molecular formula is C40H76O7. The Hall–Kier alpha value is -0.730. The fourth-order valence-corrected chi connectivity index (χ4v) is 7.23. The van der Waals surface area contributed by atoms with Crippen molar-refractivity contribution < 1.29 is 34.0 Å². The highest BCUT2D eigenvalue weighted by atomic mass is 16.7. The average molecular weight is 669 g/mol. The van der Waals surface area contributed by atoms with Crippen LogP contribution in [-0.4, -0.2) is 72.6 Å². The number of aliphatic hydroxyl groups excluding tert-OH is 2. The van der Waals surface area contributed by atoms with Crippen molar-refractivity contribution in [3.63, 3.8) is 0 Å². The first-order valence-corrected chi connectivity index (χ1v) is 20.4. The third-order valence-corrected chi connectivity index (χ3v) is 10.5. The van der Waals surface area contributed by atoms with E-state index in [4.69, 9.17) is 18.9 Å². The highest BCUT2D eigenvalue weighted by Crippen LogP contribution is 2.40. The molecule has 2 aliphatic rings. The van der Waals surface area contributed by atoms with Crippen LogP contribution in [0.2, 0.25) is 0 Å². The second-order valence-electron chi connectivity index (χ2n) is 14.6. The van der Waals surface area contributed by atoms with Gasteiger partial charge in [-0.3, -0.25) is 4.79 Å². The van der Waals surface area contributed by atoms with Crippen LogP contribution in [0.25, 0.3) is 0 Å². The Balaban J connectivity index is 1.49. The molecule has 0 aromatic rings. The van der Waals surface area contributed by atoms with Crippen molar-refractivity contribution >= 4 is 5.97 Å². The molecule has 0 bridgehead atoms. The van der Waals surface area contributed by atoms with Crippen LogP contribution >= 0.6 is 0 Å². The number of carbonyl (C=O) groups excluding carboxylic acids is 1. The maximum absolute atomic E-state index is 12.6. The number of esters is 1. The van der Waals surface area contributed by atoms with Crippen LogP contribution in [-0.2, 0) is 23.7 Å². The van der Waals surface area contributed by atoms with E-state index in [9.17, 15) is 15.0 Å². The van der Waals surface area contributed by atoms with Gasteiger partial charge in [-0.2, -0.15) is 0 Å². The average Bonchev–Trinajstić information content (AvgIpc) is 3.42. The van der Waals surface area contributed by atoms with Gasteiger partial charge >= 0.3 is 5.97 Å². The van der Waals surface area contributed by atoms with Gasteiger partial charge in [0.1, 0.15) is 23.9 Å². The largest absolute Gasteiger partial charge is 0.457 e. The highest BCUT2D eigenvalue weighted by molar-refractivity contribution is 5.69. The van der Waals surface area contributed by atoms with Crippen molar-refractivity contribution in [3.05, 3.63) is 0 Å². The van der Waals surface area contributed by atoms with Crippen molar-refractivity contribution in [3.8, 4) is 0 Å². The Kier molecular flexibility index (Phi) is 25.3. The molecule has 0 aromatic heterocycles. The van der Waals surface area contributed by atoms with Crippen molar-refractivity contribution in [1.82, 2.24) is 0 Å². The number of ether oxygens (including phenoxy) is 4. The lowest BCUT2D eigenvalue weighted by Crippen LogP contribution is -2.70. The molecule has 2 fully saturated rings. The molecule has 7 nitrogen and oxygen atoms in total. The molecular weight excluding hydrogens is 592 g/mol. The van der Waals surface area contributed by atoms with Crippen LogP contribution in [0.5, 0.6) is 0 Å². The molecule has 278 valence electrons. The summed E-state index contributed by atoms with van der Waals surface area (Å²) in [5, 5.41) is 20.9. The quantitative estimate of drug-likeness (QED) is 0.0531. The van der Waals surface area contributed by atoms with Crippen molar-refractivity contribution in [2.24, 2.45) is 0 Å². The van der Waals surface area contributed by atoms with E-state index < -0.39 is 23.9 Å². The maximum atomic E-state index is 12.6. The fraction of sp³-hybridized carbons (Fsp3) is 0.975. The molecule has 1 unspecified atom stereocenters. The summed E-state index contributed by atoms with van der Waals surface area (Å²) >= 11 is 0. The molecule has 0 radical (unpaired) electrons. The van der Waals surface area contributed by atoms with Gasteiger partial charge in [0.15, 0.2) is 6.10 Å². The number of carbonyl (C=O) groups is 1. The third kappa shape index (κ3) is 17.7. The smallest absolute Gasteiger partial charge is 0.306 e. The molecule has 2 rings (SSSR count). The van der Waals surface area contributed by atoms with Gasteiger partial charge in [-0.25, -0.2) is 0 Å². The first-order valence-electron chi connectivity index (χ1n) is 20.4. The number of hydrogen-bond acceptors (Lipinski definition) is 7. The first kappa shape index (κ1) is 42.4. The third-order valence-electron chi connectivity index (χ3n) is 10.5. The molecule has 47 heavy (non-hydrogen) atoms. The van der Waals surface area contributed by atoms with Crippen LogP contribution in [0.1, 0.15) is 194 Å². The SMILES string of the molecule is CCCCCCCCCCCCCCCCCCCCOC1CO[C@]1(CO)[C@H]1OC[C@H](O)[C@H]1OC(=O)CCCCCCCCCCC. The van der Waals surface area contributed by atoms with Gasteiger partial charge in [0, 0.05) is 13.0 Å². The van der Waals surface area contributed by atoms with Gasteiger partial charge in [0.25, 0.3) is 0 Å². The molecule has 0 aliphatic carbocycles. The van der Waals surface area contributed by atoms with Crippen LogP contribution in [0.15, 0.2) is 0 Å². The zero-order chi connectivity index (χ0) is 33.8. The Labute approximate surface area is 289 Å². The Morgan fingerprint density at radius 2 is 1.06 bits per heavy atom. The molecule has 0 spiro atoms. The molecule has 2 saturated heterocycles. The summed E-state index contributed by atoms with van der Waals surface area (Å²) in [5.74, 6) is -0.323. The second kappa shape index (κ2) is 28.0. The minimum Gasteiger partial charge on any atom is -0.457 e. The van der Waals surface area contributed by atoms with Gasteiger partial charge in [-0.05, 0) is 12.8 Å². The topological polar surface area (TPSA) is 94.5 Å². The van der Waals surface area contributed by atoms with Gasteiger partial charge in [-0.1, -0.05) is 174 Å². The molecule has 2 N–H and O–H groups in total. The minimum absolute atomic E-state index is 0.0533. The minimum atomic E-state index is -1.10. The van der Waals surface area contributed by atoms with Crippen LogP contribution in [0, 0.1) is 0 Å². The van der Waals surface area contributed by atoms with E-state index in [0.717, 1.165) is 32.1 Å². The monoisotopic (exact) mass is 669 g/mol. The summed E-state index contributed by atoms with van der Waals surface area (Å²) < 4.78 is 23.6. The van der Waals surface area contributed by atoms with Crippen molar-refractivity contribution in [2.75, 3.05) is 26.4 Å². The van der Waals surface area contributed by atoms with Gasteiger partial charge in [0.05, 0.1) is 19.8 Å². The van der Waals surface area contributed by atoms with E-state index in [1.54, 1.807) is 0 Å². The summed E-state index contributed by atoms with van der Waals surface area (Å²) in [7, 11) is 0. The lowest BCUT2D eigenvalue weighted by atomic mass is 9.83. The zero-order valence-corrected chi connectivity index (χ0v) is 30.9. The van der Waals surface area contributed by atoms with E-state index in [1.165, 1.54) is 141 Å². The van der Waals surface area contributed by atoms with E-state index in [2.05, 4.69) is 13.8 Å². The first-order chi connectivity index (χ1) is 23.1. The number of aliphatic hydroxyl groups is 2. The number of rotatable bonds is 33. The Bertz CT molecular complexity index is 729. The van der Waals surface area contributed by atoms with E-state index >= 15 is 0 Å². The van der Waals surface area contributed by atoms with Gasteiger partial charge in [-0.15, -0.1) is 0 Å². The van der Waals surface area contributed by atoms with E-state index in [-0.39, 0.29) is 25.3 Å². The Morgan fingerprint density at radius 1 is 0.638 bits per heavy atom. The summed E-state index contributed by atoms with van der Waals surface area (Å²) in [5.41, 5.74) is -1.10. The van der Waals surface area contributed by atoms with Gasteiger partial charge in [0.2, 0.25) is 0 Å². The standard InChI is InChI=1S/C40H76O7/c1-3-5-7-9-11-13-14-15-16-17-18-19-20-21-23-25-27-29-31-44-36-33-46-40(36,34-41)39-38(35(42)32-45-39)47-37(43)30-28-26-24-22-12-10-8-6-4-2/h35-36,38-39,41-42H,3-34H2,1-2H3/t35-,36?,38+,39-,40-/m0/s1. The highest BCUT2D eigenvalue weighted by Gasteiger charge is 2.62. The Morgan fingerprint density at radius 3 is 1.47 bits per heavy atom. The van der Waals surface area contributed by atoms with Crippen molar-refractivity contribution in [1.29, 1.82) is 0 Å². The number of unbranched alkanes of at least 4 members (excludes halogenated alkanes) is 25. The normalized spacial score (nSPS) is 24.1. The summed E-state index contributed by atoms with van der Waals surface area (Å²) in [6.07, 6.45) is 32.3. The predicted octanol–water partition coefficient (Wildman–Crippen LogP) is 9.77. The molecule has 7 heteroatoms. The molecule has 0 aromatic carbocycles. The summed E-state index contributed by atoms with van der Waals surface area (Å²) in [6, 6.07) is 0. The van der Waals surface area contributed by atoms with Crippen molar-refractivity contribution in [2.45, 2.75) is 224 Å². The maximum Gasteiger partial charge on any atom is 0.306 e. The molecule has 0 amide bonds. The lowest BCUT2D eigenvalue weighted by Gasteiger charge is -2.51. The zero-order valence-electron chi connectivity index (χ0n) is 30.9. The van der Waals surface area contributed by atoms with Crippen LogP contribution in [0.3, 0.4) is 0 Å². The predicted molar refractivity (Wildman–Crippen MR) is 192 cm³/mol. The molecule has 2 aliphatic heterocycles. The van der Waals surface area contributed by atoms with Crippen LogP contribution < -0.4 is 0 Å². The molecule has 0 saturated carbocycles. The second-order valence-corrected chi connectivity index (χ2v) is 14.6. The summed E-state index contributed by atoms with van der Waals surface area (Å²) in [6.45, 7) is 5.24. The molecule has 5 atom stereocenters. The molecule has 2 heterocycles. The van der Waals surface area contributed by atoms with Crippen LogP contribution in [0.4, 0.5) is 0 Å². The summed E-state index contributed by atoms with van der Waals surface area (Å²) in [4.78, 5) is 12.6. The lowest BCUT2D eigenvalue weighted by molar-refractivity contribution is -0.312. The van der Waals surface area contributed by atoms with E-state index in [0.29, 0.717) is 19.6 Å². The van der Waals surface area contributed by atoms with Gasteiger partial charge < -0.3 is 29.2 Å². The fourth-order valence-electron chi connectivity index (χ4n) is 7.23.